The molecule has 35 heavy (non-hydrogen) atoms. The molecule has 0 fully saturated rings. The van der Waals surface area contributed by atoms with Gasteiger partial charge in [-0.2, -0.15) is 0 Å². The molecule has 0 spiro atoms. The summed E-state index contributed by atoms with van der Waals surface area (Å²) in [6.45, 7) is 7.63. The number of ether oxygens (including phenoxy) is 1. The van der Waals surface area contributed by atoms with E-state index in [0.29, 0.717) is 12.4 Å². The van der Waals surface area contributed by atoms with Crippen LogP contribution in [0, 0.1) is 0 Å². The van der Waals surface area contributed by atoms with E-state index >= 15 is 0 Å². The van der Waals surface area contributed by atoms with Crippen molar-refractivity contribution < 1.29 is 9.84 Å². The first-order valence-corrected chi connectivity index (χ1v) is 12.4. The van der Waals surface area contributed by atoms with Crippen LogP contribution in [0.1, 0.15) is 0 Å². The number of hydrogen-bond acceptors (Lipinski definition) is 2. The number of rotatable bonds is 4. The van der Waals surface area contributed by atoms with Gasteiger partial charge in [-0.15, -0.1) is 6.58 Å². The Hall–Kier alpha value is -3.96. The van der Waals surface area contributed by atoms with Gasteiger partial charge in [0.25, 0.3) is 0 Å². The van der Waals surface area contributed by atoms with Crippen molar-refractivity contribution in [2.45, 2.75) is 0 Å². The van der Waals surface area contributed by atoms with E-state index in [0.717, 1.165) is 49.3 Å². The summed E-state index contributed by atoms with van der Waals surface area (Å²) in [6, 6.07) is 27.8. The topological polar surface area (TPSA) is 61.0 Å². The third kappa shape index (κ3) is 5.26. The van der Waals surface area contributed by atoms with Crippen LogP contribution in [0.5, 0.6) is 11.5 Å². The van der Waals surface area contributed by atoms with Gasteiger partial charge in [0.2, 0.25) is 0 Å². The molecule has 0 radical (unpaired) electrons. The average Bonchev–Trinajstić information content (AvgIpc) is 3.47. The lowest BCUT2D eigenvalue weighted by Crippen LogP contribution is -1.92. The van der Waals surface area contributed by atoms with Crippen molar-refractivity contribution in [1.82, 2.24) is 9.97 Å². The second-order valence-corrected chi connectivity index (χ2v) is 8.41. The Balaban J connectivity index is 0.000000145. The molecule has 0 aliphatic heterocycles. The predicted molar refractivity (Wildman–Crippen MR) is 153 cm³/mol. The minimum Gasteiger partial charge on any atom is -0.507 e. The third-order valence-corrected chi connectivity index (χ3v) is 5.92. The lowest BCUT2D eigenvalue weighted by Gasteiger charge is -2.04. The van der Waals surface area contributed by atoms with Crippen LogP contribution in [0.25, 0.3) is 43.6 Å². The molecule has 0 bridgehead atoms. The van der Waals surface area contributed by atoms with Crippen molar-refractivity contribution in [3.8, 4) is 11.5 Å². The molecular weight excluding hydrogens is 500 g/mol. The van der Waals surface area contributed by atoms with Crippen molar-refractivity contribution >= 4 is 59.5 Å². The van der Waals surface area contributed by atoms with E-state index in [1.54, 1.807) is 18.2 Å². The SMILES string of the molecule is C=CCBr.C=CCOc1cccc2[nH]c3ccccc3c12.Oc1cccc2[nH]c3ccccc3c12. The largest absolute Gasteiger partial charge is 0.507 e. The van der Waals surface area contributed by atoms with Crippen molar-refractivity contribution in [1.29, 1.82) is 0 Å². The summed E-state index contributed by atoms with van der Waals surface area (Å²) in [4.78, 5) is 6.65. The van der Waals surface area contributed by atoms with Crippen molar-refractivity contribution in [3.05, 3.63) is 110 Å². The lowest BCUT2D eigenvalue weighted by molar-refractivity contribution is 0.368. The van der Waals surface area contributed by atoms with Gasteiger partial charge < -0.3 is 19.8 Å². The van der Waals surface area contributed by atoms with Gasteiger partial charge in [0.1, 0.15) is 18.1 Å². The van der Waals surface area contributed by atoms with Gasteiger partial charge in [0, 0.05) is 37.9 Å². The van der Waals surface area contributed by atoms with Gasteiger partial charge in [0.05, 0.1) is 11.0 Å². The van der Waals surface area contributed by atoms with Crippen molar-refractivity contribution in [2.24, 2.45) is 0 Å². The molecule has 0 amide bonds. The predicted octanol–water partition coefficient (Wildman–Crippen LogP) is 8.48. The minimum absolute atomic E-state index is 0.333. The van der Waals surface area contributed by atoms with Crippen LogP contribution >= 0.6 is 15.9 Å². The highest BCUT2D eigenvalue weighted by atomic mass is 79.9. The zero-order valence-corrected chi connectivity index (χ0v) is 20.9. The molecule has 0 unspecified atom stereocenters. The Morgan fingerprint density at radius 2 is 1.20 bits per heavy atom. The molecule has 6 aromatic rings. The second kappa shape index (κ2) is 11.4. The number of H-pyrrole nitrogens is 2. The maximum Gasteiger partial charge on any atom is 0.129 e. The Morgan fingerprint density at radius 3 is 1.80 bits per heavy atom. The quantitative estimate of drug-likeness (QED) is 0.159. The number of aromatic hydroxyl groups is 1. The van der Waals surface area contributed by atoms with E-state index in [1.165, 1.54) is 5.39 Å². The first-order valence-electron chi connectivity index (χ1n) is 11.3. The van der Waals surface area contributed by atoms with Gasteiger partial charge in [-0.05, 0) is 36.4 Å². The van der Waals surface area contributed by atoms with E-state index < -0.39 is 0 Å². The molecular formula is C30H27BrN2O2. The summed E-state index contributed by atoms with van der Waals surface area (Å²) in [5, 5.41) is 14.9. The number of allylic oxidation sites excluding steroid dienone is 1. The van der Waals surface area contributed by atoms with E-state index in [-0.39, 0.29) is 0 Å². The highest BCUT2D eigenvalue weighted by Crippen LogP contribution is 2.33. The maximum absolute atomic E-state index is 9.74. The normalized spacial score (nSPS) is 10.4. The van der Waals surface area contributed by atoms with Gasteiger partial charge in [-0.25, -0.2) is 0 Å². The number of benzene rings is 4. The highest BCUT2D eigenvalue weighted by Gasteiger charge is 2.08. The van der Waals surface area contributed by atoms with E-state index in [9.17, 15) is 5.11 Å². The number of phenols is 1. The number of nitrogens with one attached hydrogen (secondary N) is 2. The summed E-state index contributed by atoms with van der Waals surface area (Å²) in [7, 11) is 0. The van der Waals surface area contributed by atoms with Crippen molar-refractivity contribution in [2.75, 3.05) is 11.9 Å². The maximum atomic E-state index is 9.74. The van der Waals surface area contributed by atoms with Crippen LogP contribution in [0.3, 0.4) is 0 Å². The number of hydrogen-bond donors (Lipinski definition) is 3. The number of aromatic nitrogens is 2. The summed E-state index contributed by atoms with van der Waals surface area (Å²) in [6.07, 6.45) is 3.55. The monoisotopic (exact) mass is 526 g/mol. The molecule has 0 atom stereocenters. The molecule has 6 rings (SSSR count). The van der Waals surface area contributed by atoms with Crippen molar-refractivity contribution in [3.63, 3.8) is 0 Å². The molecule has 0 saturated heterocycles. The molecule has 2 aromatic heterocycles. The van der Waals surface area contributed by atoms with Crippen LogP contribution in [-0.4, -0.2) is 27.0 Å². The van der Waals surface area contributed by atoms with Crippen LogP contribution < -0.4 is 4.74 Å². The molecule has 3 N–H and O–H groups in total. The molecule has 5 heteroatoms. The summed E-state index contributed by atoms with van der Waals surface area (Å²) in [5.41, 5.74) is 4.28. The van der Waals surface area contributed by atoms with Gasteiger partial charge in [0.15, 0.2) is 0 Å². The van der Waals surface area contributed by atoms with Crippen LogP contribution in [-0.2, 0) is 0 Å². The van der Waals surface area contributed by atoms with Crippen LogP contribution in [0.2, 0.25) is 0 Å². The lowest BCUT2D eigenvalue weighted by atomic mass is 10.1. The Labute approximate surface area is 212 Å². The van der Waals surface area contributed by atoms with Gasteiger partial charge >= 0.3 is 0 Å². The number of halogens is 1. The average molecular weight is 527 g/mol. The zero-order chi connectivity index (χ0) is 24.6. The molecule has 4 nitrogen and oxygen atoms in total. The fourth-order valence-electron chi connectivity index (χ4n) is 4.02. The molecule has 0 aliphatic rings. The number of aromatic amines is 2. The summed E-state index contributed by atoms with van der Waals surface area (Å²) >= 11 is 3.13. The fourth-order valence-corrected chi connectivity index (χ4v) is 4.02. The standard InChI is InChI=1S/C15H13NO.C12H9NO.C3H5Br/c1-2-10-17-14-9-5-8-13-15(14)11-6-3-4-7-12(11)16-13;14-11-7-3-6-10-12(11)8-4-1-2-5-9(8)13-10;1-2-3-4/h2-9,16H,1,10H2;1-7,13-14H;2H,1,3H2. The fraction of sp³-hybridized carbons (Fsp3) is 0.0667. The summed E-state index contributed by atoms with van der Waals surface area (Å²) in [5.74, 6) is 1.24. The van der Waals surface area contributed by atoms with E-state index in [4.69, 9.17) is 4.74 Å². The number of fused-ring (bicyclic) bond motifs is 6. The van der Waals surface area contributed by atoms with Gasteiger partial charge in [-0.1, -0.05) is 83.2 Å². The first kappa shape index (κ1) is 24.2. The van der Waals surface area contributed by atoms with Gasteiger partial charge in [-0.3, -0.25) is 0 Å². The van der Waals surface area contributed by atoms with E-state index in [2.05, 4.69) is 57.3 Å². The molecule has 2 heterocycles. The minimum atomic E-state index is 0.333. The Kier molecular flexibility index (Phi) is 7.91. The third-order valence-electron chi connectivity index (χ3n) is 5.47. The molecule has 176 valence electrons. The second-order valence-electron chi connectivity index (χ2n) is 7.76. The first-order chi connectivity index (χ1) is 17.2. The molecule has 0 aliphatic carbocycles. The smallest absolute Gasteiger partial charge is 0.129 e. The van der Waals surface area contributed by atoms with E-state index in [1.807, 2.05) is 60.7 Å². The number of phenolic OH excluding ortho intramolecular Hbond substituents is 1. The summed E-state index contributed by atoms with van der Waals surface area (Å²) < 4.78 is 5.70. The molecule has 0 saturated carbocycles. The van der Waals surface area contributed by atoms with Crippen LogP contribution in [0.4, 0.5) is 0 Å². The number of para-hydroxylation sites is 2. The Morgan fingerprint density at radius 1 is 0.686 bits per heavy atom. The zero-order valence-electron chi connectivity index (χ0n) is 19.3. The molecule has 4 aromatic carbocycles. The van der Waals surface area contributed by atoms with Crippen LogP contribution in [0.15, 0.2) is 110 Å². The highest BCUT2D eigenvalue weighted by molar-refractivity contribution is 9.09. The Bertz CT molecular complexity index is 1600. The number of alkyl halides is 1.